The van der Waals surface area contributed by atoms with E-state index in [1.54, 1.807) is 0 Å². The predicted molar refractivity (Wildman–Crippen MR) is 15.8 cm³/mol. The van der Waals surface area contributed by atoms with Crippen LogP contribution in [0.25, 0.3) is 0 Å². The maximum atomic E-state index is 0. The fraction of sp³-hybridized carbons (Fsp3) is 0. The van der Waals surface area contributed by atoms with Crippen molar-refractivity contribution in [3.8, 4) is 0 Å². The normalized spacial score (nSPS) is 0. The van der Waals surface area contributed by atoms with Gasteiger partial charge in [-0.3, -0.25) is 0 Å². The zero-order chi connectivity index (χ0) is 0. The van der Waals surface area contributed by atoms with Crippen molar-refractivity contribution in [3.05, 3.63) is 0 Å². The van der Waals surface area contributed by atoms with Gasteiger partial charge in [-0.15, -0.1) is 0 Å². The van der Waals surface area contributed by atoms with Gasteiger partial charge in [0.15, 0.2) is 0 Å². The summed E-state index contributed by atoms with van der Waals surface area (Å²) in [5, 5.41) is 0. The first-order chi connectivity index (χ1) is 0. The summed E-state index contributed by atoms with van der Waals surface area (Å²) in [5.74, 6) is 0. The van der Waals surface area contributed by atoms with Crippen molar-refractivity contribution in [1.82, 2.24) is 0 Å². The zero-order valence-electron chi connectivity index (χ0n) is 7.22. The third-order valence-electron chi connectivity index (χ3n) is 0. The molecule has 0 aliphatic carbocycles. The van der Waals surface area contributed by atoms with Gasteiger partial charge in [0.25, 0.3) is 0 Å². The number of hydrogen-bond acceptors (Lipinski definition) is 0. The largest absolute Gasteiger partial charge is 3.00 e. The van der Waals surface area contributed by atoms with Crippen LogP contribution in [0.4, 0.5) is 0 Å². The number of hydrogen-bond donors (Lipinski definition) is 0. The van der Waals surface area contributed by atoms with Gasteiger partial charge in [-0.05, 0) is 0 Å². The molecule has 0 fully saturated rings. The van der Waals surface area contributed by atoms with Crippen molar-refractivity contribution in [2.75, 3.05) is 0 Å². The molecule has 0 saturated carbocycles. The Kier molecular flexibility index (Phi) is 1040. The minimum Gasteiger partial charge on any atom is -2.00 e. The average molecular weight is 400 g/mol. The van der Waals surface area contributed by atoms with Gasteiger partial charge in [0.1, 0.15) is 0 Å². The van der Waals surface area contributed by atoms with E-state index in [1.807, 2.05) is 0 Å². The second-order valence-electron chi connectivity index (χ2n) is 0. The van der Waals surface area contributed by atoms with Gasteiger partial charge in [0.2, 0.25) is 0 Å². The molecule has 0 bridgehead atoms. The van der Waals surface area contributed by atoms with E-state index in [0.717, 1.165) is 0 Å². The van der Waals surface area contributed by atoms with Crippen LogP contribution < -0.4 is 37.7 Å². The van der Waals surface area contributed by atoms with E-state index >= 15 is 0 Å². The standard InChI is InChI=1S/2Ce.2Li.3O.2Si.2H/q2*+3;2*+1;3*-2;;;2*-1. The number of rotatable bonds is 0. The minimum atomic E-state index is 0. The van der Waals surface area contributed by atoms with Crippen molar-refractivity contribution in [1.29, 1.82) is 0 Å². The second-order valence-corrected chi connectivity index (χ2v) is 0. The molecular weight excluding hydrogens is 398 g/mol. The fourth-order valence-electron chi connectivity index (χ4n) is 0. The first-order valence-electron chi connectivity index (χ1n) is 0. The van der Waals surface area contributed by atoms with E-state index in [9.17, 15) is 0 Å². The fourth-order valence-corrected chi connectivity index (χ4v) is 0. The molecule has 0 amide bonds. The minimum absolute atomic E-state index is 0. The summed E-state index contributed by atoms with van der Waals surface area (Å²) in [6.45, 7) is 0. The quantitative estimate of drug-likeness (QED) is 0.362. The maximum absolute atomic E-state index is 0. The van der Waals surface area contributed by atoms with Crippen LogP contribution in [0.15, 0.2) is 0 Å². The predicted octanol–water partition coefficient (Wildman–Crippen LogP) is -6.88. The van der Waals surface area contributed by atoms with Gasteiger partial charge >= 0.3 is 121 Å². The van der Waals surface area contributed by atoms with Gasteiger partial charge in [-0.2, -0.15) is 0 Å². The Morgan fingerprint density at radius 1 is 0.556 bits per heavy atom. The monoisotopic (exact) mass is 400 g/mol. The molecule has 9 heavy (non-hydrogen) atoms. The molecule has 0 N–H and O–H groups in total. The second kappa shape index (κ2) is 85.6. The summed E-state index contributed by atoms with van der Waals surface area (Å²) >= 11 is 0. The van der Waals surface area contributed by atoms with Gasteiger partial charge in [-0.25, -0.2) is 0 Å². The van der Waals surface area contributed by atoms with E-state index in [1.165, 1.54) is 0 Å². The van der Waals surface area contributed by atoms with Crippen molar-refractivity contribution in [2.24, 2.45) is 0 Å². The molecule has 0 aromatic carbocycles. The summed E-state index contributed by atoms with van der Waals surface area (Å²) in [4.78, 5) is 0. The Morgan fingerprint density at radius 3 is 0.556 bits per heavy atom. The Hall–Kier alpha value is 4.26. The Bertz CT molecular complexity index is 25.3. The van der Waals surface area contributed by atoms with Crippen LogP contribution in [-0.2, 0) is 16.4 Å². The molecule has 3 nitrogen and oxygen atoms in total. The molecule has 38 valence electrons. The van der Waals surface area contributed by atoms with Gasteiger partial charge in [0.05, 0.1) is 0 Å². The van der Waals surface area contributed by atoms with Crippen LogP contribution >= 0.6 is 0 Å². The van der Waals surface area contributed by atoms with Gasteiger partial charge in [0, 0.05) is 21.9 Å². The molecule has 0 saturated heterocycles. The zero-order valence-corrected chi connectivity index (χ0v) is 13.5. The average Bonchev–Trinajstić information content (AvgIpc) is 0. The molecule has 0 heterocycles. The first-order valence-corrected chi connectivity index (χ1v) is 0. The third-order valence-corrected chi connectivity index (χ3v) is 0. The molecule has 0 aromatic heterocycles. The maximum Gasteiger partial charge on any atom is 3.00 e. The summed E-state index contributed by atoms with van der Waals surface area (Å²) in [6.07, 6.45) is 0. The van der Waals surface area contributed by atoms with Crippen LogP contribution in [0.5, 0.6) is 0 Å². The third kappa shape index (κ3) is 71.1. The summed E-state index contributed by atoms with van der Waals surface area (Å²) < 4.78 is 0. The molecule has 0 spiro atoms. The van der Waals surface area contributed by atoms with Crippen LogP contribution in [0, 0.1) is 83.5 Å². The van der Waals surface area contributed by atoms with E-state index in [2.05, 4.69) is 0 Å². The van der Waals surface area contributed by atoms with Crippen LogP contribution in [0.2, 0.25) is 0 Å². The van der Waals surface area contributed by atoms with E-state index in [0.29, 0.717) is 0 Å². The van der Waals surface area contributed by atoms with Crippen LogP contribution in [0.3, 0.4) is 0 Å². The van der Waals surface area contributed by atoms with Crippen molar-refractivity contribution >= 4 is 21.9 Å². The summed E-state index contributed by atoms with van der Waals surface area (Å²) in [7, 11) is 0. The molecule has 0 unspecified atom stereocenters. The molecule has 0 aliphatic rings. The van der Waals surface area contributed by atoms with Gasteiger partial charge < -0.3 is 19.3 Å². The van der Waals surface area contributed by atoms with Crippen LogP contribution in [0.1, 0.15) is 2.85 Å². The molecule has 0 aromatic rings. The smallest absolute Gasteiger partial charge is 2.00 e. The summed E-state index contributed by atoms with van der Waals surface area (Å²) in [6, 6.07) is 0. The SMILES string of the molecule is [Ce+3].[Ce+3].[H-].[H-].[Li+].[Li+].[O-2].[O-2].[O-2].[Si].[Si]. The van der Waals surface area contributed by atoms with Crippen molar-refractivity contribution < 1.29 is 140 Å². The molecule has 0 atom stereocenters. The van der Waals surface area contributed by atoms with Crippen molar-refractivity contribution in [3.63, 3.8) is 0 Å². The molecule has 9 heteroatoms. The van der Waals surface area contributed by atoms with E-state index in [-0.39, 0.29) is 162 Å². The van der Waals surface area contributed by atoms with E-state index < -0.39 is 0 Å². The Morgan fingerprint density at radius 2 is 0.556 bits per heavy atom. The topological polar surface area (TPSA) is 85.5 Å². The molecule has 0 aliphatic heterocycles. The van der Waals surface area contributed by atoms with Crippen LogP contribution in [-0.4, -0.2) is 21.9 Å². The van der Waals surface area contributed by atoms with Gasteiger partial charge in [-0.1, -0.05) is 0 Å². The first kappa shape index (κ1) is 110. The Balaban J connectivity index is 0. The molecular formula is H2Ce2Li2O3Si2. The van der Waals surface area contributed by atoms with Crippen molar-refractivity contribution in [2.45, 2.75) is 0 Å². The molecule has 0 rings (SSSR count). The summed E-state index contributed by atoms with van der Waals surface area (Å²) in [5.41, 5.74) is 0. The molecule has 10 radical (unpaired) electrons. The Labute approximate surface area is 159 Å². The van der Waals surface area contributed by atoms with E-state index in [4.69, 9.17) is 0 Å².